The number of halogens is 2. The monoisotopic (exact) mass is 311 g/mol. The summed E-state index contributed by atoms with van der Waals surface area (Å²) in [6, 6.07) is 5.23. The topological polar surface area (TPSA) is 75.9 Å². The first-order chi connectivity index (χ1) is 9.52. The van der Waals surface area contributed by atoms with Crippen molar-refractivity contribution in [1.82, 2.24) is 9.97 Å². The Morgan fingerprint density at radius 1 is 1.15 bits per heavy atom. The summed E-state index contributed by atoms with van der Waals surface area (Å²) in [5.74, 6) is 6.92. The van der Waals surface area contributed by atoms with Crippen LogP contribution in [0.5, 0.6) is 0 Å². The molecule has 0 unspecified atom stereocenters. The van der Waals surface area contributed by atoms with Crippen molar-refractivity contribution in [1.29, 1.82) is 0 Å². The zero-order valence-electron chi connectivity index (χ0n) is 11.1. The summed E-state index contributed by atoms with van der Waals surface area (Å²) in [4.78, 5) is 8.37. The number of rotatable bonds is 4. The van der Waals surface area contributed by atoms with E-state index in [9.17, 15) is 0 Å². The van der Waals surface area contributed by atoms with Crippen LogP contribution in [-0.4, -0.2) is 9.97 Å². The van der Waals surface area contributed by atoms with Crippen molar-refractivity contribution in [3.63, 3.8) is 0 Å². The lowest BCUT2D eigenvalue weighted by molar-refractivity contribution is 0.850. The molecule has 0 saturated heterocycles. The van der Waals surface area contributed by atoms with Gasteiger partial charge in [-0.05, 0) is 24.1 Å². The minimum absolute atomic E-state index is 0.191. The number of hydrazine groups is 1. The minimum atomic E-state index is 0.191. The van der Waals surface area contributed by atoms with Crippen LogP contribution in [0.25, 0.3) is 0 Å². The van der Waals surface area contributed by atoms with E-state index in [4.69, 9.17) is 29.0 Å². The van der Waals surface area contributed by atoms with Crippen molar-refractivity contribution in [2.24, 2.45) is 5.84 Å². The summed E-state index contributed by atoms with van der Waals surface area (Å²) in [6.07, 6.45) is 1.44. The summed E-state index contributed by atoms with van der Waals surface area (Å²) in [6.45, 7) is 4.07. The standard InChI is InChI=1S/C13H15Cl2N5/c1-7(2)11-12(17-6-18-13(11)20-16)19-10-4-3-8(14)5-9(10)15/h3-7H,16H2,1-2H3,(H2,17,18,19,20). The molecule has 0 spiro atoms. The Morgan fingerprint density at radius 3 is 2.45 bits per heavy atom. The second-order valence-electron chi connectivity index (χ2n) is 4.53. The molecule has 1 aromatic carbocycles. The average molecular weight is 312 g/mol. The van der Waals surface area contributed by atoms with Crippen molar-refractivity contribution < 1.29 is 0 Å². The molecular weight excluding hydrogens is 297 g/mol. The number of hydrogen-bond donors (Lipinski definition) is 3. The molecule has 0 aliphatic heterocycles. The molecule has 1 aromatic heterocycles. The molecule has 0 saturated carbocycles. The third-order valence-corrected chi connectivity index (χ3v) is 3.33. The van der Waals surface area contributed by atoms with E-state index in [-0.39, 0.29) is 5.92 Å². The summed E-state index contributed by atoms with van der Waals surface area (Å²) < 4.78 is 0. The molecule has 2 aromatic rings. The van der Waals surface area contributed by atoms with E-state index in [2.05, 4.69) is 20.7 Å². The molecule has 106 valence electrons. The minimum Gasteiger partial charge on any atom is -0.339 e. The van der Waals surface area contributed by atoms with Crippen LogP contribution in [0.2, 0.25) is 10.0 Å². The lowest BCUT2D eigenvalue weighted by Gasteiger charge is -2.17. The smallest absolute Gasteiger partial charge is 0.148 e. The zero-order valence-corrected chi connectivity index (χ0v) is 12.6. The number of nitrogens with two attached hydrogens (primary N) is 1. The first-order valence-electron chi connectivity index (χ1n) is 6.06. The van der Waals surface area contributed by atoms with Crippen molar-refractivity contribution in [3.05, 3.63) is 40.1 Å². The second-order valence-corrected chi connectivity index (χ2v) is 5.38. The number of aromatic nitrogens is 2. The van der Waals surface area contributed by atoms with Gasteiger partial charge < -0.3 is 10.7 Å². The van der Waals surface area contributed by atoms with Gasteiger partial charge in [0.1, 0.15) is 18.0 Å². The van der Waals surface area contributed by atoms with Crippen LogP contribution in [0.1, 0.15) is 25.3 Å². The number of nitrogens with one attached hydrogen (secondary N) is 2. The Balaban J connectivity index is 2.43. The fraction of sp³-hybridized carbons (Fsp3) is 0.231. The van der Waals surface area contributed by atoms with Crippen LogP contribution in [-0.2, 0) is 0 Å². The Hall–Kier alpha value is -1.56. The molecule has 0 aliphatic carbocycles. The highest BCUT2D eigenvalue weighted by Crippen LogP contribution is 2.33. The van der Waals surface area contributed by atoms with E-state index in [1.165, 1.54) is 6.33 Å². The van der Waals surface area contributed by atoms with E-state index in [0.29, 0.717) is 21.7 Å². The number of benzene rings is 1. The molecule has 20 heavy (non-hydrogen) atoms. The molecular formula is C13H15Cl2N5. The Kier molecular flexibility index (Phi) is 4.65. The third kappa shape index (κ3) is 3.12. The van der Waals surface area contributed by atoms with Crippen LogP contribution >= 0.6 is 23.2 Å². The largest absolute Gasteiger partial charge is 0.339 e. The number of anilines is 3. The zero-order chi connectivity index (χ0) is 14.7. The first kappa shape index (κ1) is 14.8. The maximum absolute atomic E-state index is 6.15. The first-order valence-corrected chi connectivity index (χ1v) is 6.82. The molecule has 0 radical (unpaired) electrons. The van der Waals surface area contributed by atoms with Crippen LogP contribution in [0.15, 0.2) is 24.5 Å². The van der Waals surface area contributed by atoms with E-state index >= 15 is 0 Å². The fourth-order valence-corrected chi connectivity index (χ4v) is 2.33. The predicted molar refractivity (Wildman–Crippen MR) is 83.7 cm³/mol. The van der Waals surface area contributed by atoms with Gasteiger partial charge in [-0.2, -0.15) is 0 Å². The van der Waals surface area contributed by atoms with Gasteiger partial charge in [0.15, 0.2) is 0 Å². The Labute approximate surface area is 127 Å². The van der Waals surface area contributed by atoms with Gasteiger partial charge in [0.25, 0.3) is 0 Å². The molecule has 0 atom stereocenters. The Morgan fingerprint density at radius 2 is 1.85 bits per heavy atom. The van der Waals surface area contributed by atoms with Crippen molar-refractivity contribution >= 4 is 40.5 Å². The fourth-order valence-electron chi connectivity index (χ4n) is 1.88. The van der Waals surface area contributed by atoms with E-state index < -0.39 is 0 Å². The van der Waals surface area contributed by atoms with Gasteiger partial charge in [0.05, 0.1) is 10.7 Å². The summed E-state index contributed by atoms with van der Waals surface area (Å²) in [7, 11) is 0. The maximum atomic E-state index is 6.15. The highest BCUT2D eigenvalue weighted by molar-refractivity contribution is 6.36. The third-order valence-electron chi connectivity index (χ3n) is 2.78. The summed E-state index contributed by atoms with van der Waals surface area (Å²) >= 11 is 12.0. The van der Waals surface area contributed by atoms with Crippen molar-refractivity contribution in [3.8, 4) is 0 Å². The van der Waals surface area contributed by atoms with E-state index in [1.807, 2.05) is 13.8 Å². The number of nitrogens with zero attached hydrogens (tertiary/aromatic N) is 2. The quantitative estimate of drug-likeness (QED) is 0.589. The molecule has 0 bridgehead atoms. The highest BCUT2D eigenvalue weighted by Gasteiger charge is 2.15. The van der Waals surface area contributed by atoms with Gasteiger partial charge >= 0.3 is 0 Å². The number of hydrogen-bond acceptors (Lipinski definition) is 5. The molecule has 1 heterocycles. The van der Waals surface area contributed by atoms with Crippen molar-refractivity contribution in [2.45, 2.75) is 19.8 Å². The second kappa shape index (κ2) is 6.26. The molecule has 7 heteroatoms. The highest BCUT2D eigenvalue weighted by atomic mass is 35.5. The predicted octanol–water partition coefficient (Wildman–Crippen LogP) is 3.94. The molecule has 5 nitrogen and oxygen atoms in total. The number of nitrogen functional groups attached to an aromatic ring is 1. The van der Waals surface area contributed by atoms with Gasteiger partial charge in [0, 0.05) is 10.6 Å². The summed E-state index contributed by atoms with van der Waals surface area (Å²) in [5.41, 5.74) is 4.19. The molecule has 2 rings (SSSR count). The van der Waals surface area contributed by atoms with Crippen LogP contribution in [0.4, 0.5) is 17.3 Å². The van der Waals surface area contributed by atoms with Gasteiger partial charge in [0.2, 0.25) is 0 Å². The maximum Gasteiger partial charge on any atom is 0.148 e. The average Bonchev–Trinajstić information content (AvgIpc) is 2.41. The lowest BCUT2D eigenvalue weighted by Crippen LogP contribution is -2.14. The lowest BCUT2D eigenvalue weighted by atomic mass is 10.0. The Bertz CT molecular complexity index is 616. The molecule has 0 fully saturated rings. The molecule has 0 aliphatic rings. The van der Waals surface area contributed by atoms with Crippen LogP contribution in [0, 0.1) is 0 Å². The van der Waals surface area contributed by atoms with Crippen molar-refractivity contribution in [2.75, 3.05) is 10.7 Å². The molecule has 0 amide bonds. The van der Waals surface area contributed by atoms with Crippen LogP contribution in [0.3, 0.4) is 0 Å². The van der Waals surface area contributed by atoms with E-state index in [0.717, 1.165) is 11.3 Å². The molecule has 4 N–H and O–H groups in total. The summed E-state index contributed by atoms with van der Waals surface area (Å²) in [5, 5.41) is 4.29. The van der Waals surface area contributed by atoms with Gasteiger partial charge in [-0.25, -0.2) is 15.8 Å². The van der Waals surface area contributed by atoms with Gasteiger partial charge in [-0.3, -0.25) is 0 Å². The van der Waals surface area contributed by atoms with Crippen LogP contribution < -0.4 is 16.6 Å². The SMILES string of the molecule is CC(C)c1c(NN)ncnc1Nc1ccc(Cl)cc1Cl. The van der Waals surface area contributed by atoms with E-state index in [1.54, 1.807) is 18.2 Å². The van der Waals surface area contributed by atoms with Gasteiger partial charge in [-0.1, -0.05) is 37.0 Å². The normalized spacial score (nSPS) is 10.7. The van der Waals surface area contributed by atoms with Gasteiger partial charge in [-0.15, -0.1) is 0 Å².